The fraction of sp³-hybridized carbons (Fsp3) is 0.238. The number of carbonyl (C=O) groups excluding carboxylic acids is 1. The van der Waals surface area contributed by atoms with Gasteiger partial charge in [-0.05, 0) is 49.6 Å². The van der Waals surface area contributed by atoms with E-state index >= 15 is 0 Å². The first-order valence-corrected chi connectivity index (χ1v) is 8.67. The zero-order valence-electron chi connectivity index (χ0n) is 15.1. The van der Waals surface area contributed by atoms with Gasteiger partial charge in [-0.2, -0.15) is 0 Å². The average molecular weight is 349 g/mol. The quantitative estimate of drug-likeness (QED) is 0.719. The van der Waals surface area contributed by atoms with Crippen LogP contribution in [0, 0.1) is 13.8 Å². The van der Waals surface area contributed by atoms with Gasteiger partial charge in [0.15, 0.2) is 0 Å². The largest absolute Gasteiger partial charge is 0.392 e. The van der Waals surface area contributed by atoms with Gasteiger partial charge in [0, 0.05) is 24.1 Å². The molecule has 0 fully saturated rings. The number of aryl methyl sites for hydroxylation is 1. The summed E-state index contributed by atoms with van der Waals surface area (Å²) in [5, 5.41) is 12.1. The summed E-state index contributed by atoms with van der Waals surface area (Å²) in [6.07, 6.45) is 2.49. The van der Waals surface area contributed by atoms with E-state index in [4.69, 9.17) is 5.11 Å². The molecule has 0 bridgehead atoms. The molecule has 2 heterocycles. The Kier molecular flexibility index (Phi) is 5.49. The summed E-state index contributed by atoms with van der Waals surface area (Å²) < 4.78 is 1.99. The van der Waals surface area contributed by atoms with Crippen LogP contribution in [-0.2, 0) is 13.0 Å². The van der Waals surface area contributed by atoms with E-state index in [1.54, 1.807) is 6.20 Å². The number of amides is 1. The maximum Gasteiger partial charge on any atom is 0.253 e. The number of benzene rings is 1. The number of aliphatic hydroxyl groups excluding tert-OH is 1. The number of hydrogen-bond donors (Lipinski definition) is 2. The van der Waals surface area contributed by atoms with Gasteiger partial charge >= 0.3 is 0 Å². The zero-order valence-corrected chi connectivity index (χ0v) is 15.1. The maximum absolute atomic E-state index is 12.6. The number of aliphatic hydroxyl groups is 1. The predicted molar refractivity (Wildman–Crippen MR) is 101 cm³/mol. The Morgan fingerprint density at radius 2 is 1.85 bits per heavy atom. The first-order valence-electron chi connectivity index (χ1n) is 8.67. The Morgan fingerprint density at radius 3 is 2.50 bits per heavy atom. The van der Waals surface area contributed by atoms with Crippen molar-refractivity contribution in [3.63, 3.8) is 0 Å². The molecule has 0 saturated carbocycles. The van der Waals surface area contributed by atoms with Crippen LogP contribution in [0.4, 0.5) is 0 Å². The van der Waals surface area contributed by atoms with Crippen molar-refractivity contribution in [3.8, 4) is 5.82 Å². The van der Waals surface area contributed by atoms with Crippen LogP contribution < -0.4 is 5.32 Å². The van der Waals surface area contributed by atoms with Crippen LogP contribution >= 0.6 is 0 Å². The molecule has 0 spiro atoms. The highest BCUT2D eigenvalue weighted by Gasteiger charge is 2.16. The highest BCUT2D eigenvalue weighted by atomic mass is 16.3. The minimum absolute atomic E-state index is 0.0445. The molecule has 0 aliphatic heterocycles. The Bertz CT molecular complexity index is 884. The molecule has 0 saturated heterocycles. The molecule has 3 aromatic rings. The predicted octanol–water partition coefficient (Wildman–Crippen LogP) is 2.95. The van der Waals surface area contributed by atoms with Gasteiger partial charge in [-0.25, -0.2) is 4.98 Å². The first kappa shape index (κ1) is 17.9. The van der Waals surface area contributed by atoms with Crippen molar-refractivity contribution in [1.82, 2.24) is 14.9 Å². The molecular formula is C21H23N3O2. The molecule has 0 aliphatic carbocycles. The fourth-order valence-corrected chi connectivity index (χ4v) is 3.06. The highest BCUT2D eigenvalue weighted by molar-refractivity contribution is 5.95. The number of nitrogens with one attached hydrogen (secondary N) is 1. The number of hydrogen-bond acceptors (Lipinski definition) is 3. The van der Waals surface area contributed by atoms with E-state index in [2.05, 4.69) is 10.3 Å². The maximum atomic E-state index is 12.6. The minimum Gasteiger partial charge on any atom is -0.392 e. The van der Waals surface area contributed by atoms with Gasteiger partial charge in [0.2, 0.25) is 0 Å². The van der Waals surface area contributed by atoms with Crippen molar-refractivity contribution < 1.29 is 9.90 Å². The number of pyridine rings is 1. The summed E-state index contributed by atoms with van der Waals surface area (Å²) in [5.41, 5.74) is 4.54. The summed E-state index contributed by atoms with van der Waals surface area (Å²) in [6, 6.07) is 15.4. The highest BCUT2D eigenvalue weighted by Crippen LogP contribution is 2.19. The van der Waals surface area contributed by atoms with Crippen LogP contribution in [-0.4, -0.2) is 27.1 Å². The van der Waals surface area contributed by atoms with Gasteiger partial charge in [-0.1, -0.05) is 30.3 Å². The van der Waals surface area contributed by atoms with E-state index in [1.807, 2.05) is 66.9 Å². The third-order valence-electron chi connectivity index (χ3n) is 4.46. The Hall–Kier alpha value is -2.92. The Morgan fingerprint density at radius 1 is 1.12 bits per heavy atom. The van der Waals surface area contributed by atoms with Gasteiger partial charge in [0.25, 0.3) is 5.91 Å². The van der Waals surface area contributed by atoms with Gasteiger partial charge in [0.05, 0.1) is 12.2 Å². The second-order valence-electron chi connectivity index (χ2n) is 6.29. The second-order valence-corrected chi connectivity index (χ2v) is 6.29. The van der Waals surface area contributed by atoms with E-state index in [0.717, 1.165) is 34.8 Å². The first-order chi connectivity index (χ1) is 12.6. The SMILES string of the molecule is Cc1cc(C(=O)NCCc2ccc(CO)cc2)c(C)n1-c1ccccn1. The van der Waals surface area contributed by atoms with E-state index < -0.39 is 0 Å². The summed E-state index contributed by atoms with van der Waals surface area (Å²) in [5.74, 6) is 0.734. The summed E-state index contributed by atoms with van der Waals surface area (Å²) in [6.45, 7) is 4.51. The fourth-order valence-electron chi connectivity index (χ4n) is 3.06. The third-order valence-corrected chi connectivity index (χ3v) is 4.46. The van der Waals surface area contributed by atoms with Crippen molar-refractivity contribution in [2.45, 2.75) is 26.9 Å². The molecule has 5 nitrogen and oxygen atoms in total. The number of carbonyl (C=O) groups is 1. The molecule has 1 amide bonds. The molecule has 26 heavy (non-hydrogen) atoms. The van der Waals surface area contributed by atoms with Crippen LogP contribution in [0.25, 0.3) is 5.82 Å². The van der Waals surface area contributed by atoms with Crippen molar-refractivity contribution >= 4 is 5.91 Å². The van der Waals surface area contributed by atoms with Gasteiger partial charge < -0.3 is 15.0 Å². The van der Waals surface area contributed by atoms with Crippen LogP contribution in [0.15, 0.2) is 54.7 Å². The molecule has 5 heteroatoms. The molecule has 2 N–H and O–H groups in total. The summed E-state index contributed by atoms with van der Waals surface area (Å²) in [7, 11) is 0. The molecule has 3 rings (SSSR count). The Balaban J connectivity index is 1.66. The summed E-state index contributed by atoms with van der Waals surface area (Å²) in [4.78, 5) is 16.9. The second kappa shape index (κ2) is 7.97. The van der Waals surface area contributed by atoms with Gasteiger partial charge in [-0.3, -0.25) is 4.79 Å². The van der Waals surface area contributed by atoms with Crippen LogP contribution in [0.1, 0.15) is 32.9 Å². The van der Waals surface area contributed by atoms with E-state index in [1.165, 1.54) is 0 Å². The van der Waals surface area contributed by atoms with Crippen LogP contribution in [0.2, 0.25) is 0 Å². The van der Waals surface area contributed by atoms with E-state index in [-0.39, 0.29) is 12.5 Å². The third kappa shape index (κ3) is 3.83. The lowest BCUT2D eigenvalue weighted by Gasteiger charge is -2.09. The molecule has 134 valence electrons. The zero-order chi connectivity index (χ0) is 18.5. The molecule has 0 atom stereocenters. The lowest BCUT2D eigenvalue weighted by Crippen LogP contribution is -2.26. The van der Waals surface area contributed by atoms with Crippen molar-refractivity contribution in [1.29, 1.82) is 0 Å². The van der Waals surface area contributed by atoms with E-state index in [9.17, 15) is 4.79 Å². The van der Waals surface area contributed by atoms with Gasteiger partial charge in [0.1, 0.15) is 5.82 Å². The monoisotopic (exact) mass is 349 g/mol. The number of aromatic nitrogens is 2. The molecular weight excluding hydrogens is 326 g/mol. The van der Waals surface area contributed by atoms with Crippen molar-refractivity contribution in [3.05, 3.63) is 82.8 Å². The molecule has 0 unspecified atom stereocenters. The minimum atomic E-state index is -0.0766. The van der Waals surface area contributed by atoms with Crippen LogP contribution in [0.3, 0.4) is 0 Å². The topological polar surface area (TPSA) is 67.2 Å². The lowest BCUT2D eigenvalue weighted by atomic mass is 10.1. The number of rotatable bonds is 6. The van der Waals surface area contributed by atoms with Gasteiger partial charge in [-0.15, -0.1) is 0 Å². The number of nitrogens with zero attached hydrogens (tertiary/aromatic N) is 2. The average Bonchev–Trinajstić information content (AvgIpc) is 2.97. The van der Waals surface area contributed by atoms with Crippen LogP contribution in [0.5, 0.6) is 0 Å². The summed E-state index contributed by atoms with van der Waals surface area (Å²) >= 11 is 0. The van der Waals surface area contributed by atoms with E-state index in [0.29, 0.717) is 12.1 Å². The molecule has 1 aromatic carbocycles. The molecule has 0 radical (unpaired) electrons. The van der Waals surface area contributed by atoms with Crippen molar-refractivity contribution in [2.75, 3.05) is 6.54 Å². The normalized spacial score (nSPS) is 10.7. The molecule has 2 aromatic heterocycles. The lowest BCUT2D eigenvalue weighted by molar-refractivity contribution is 0.0953. The standard InChI is InChI=1S/C21H23N3O2/c1-15-13-19(16(2)24(15)20-5-3-4-11-22-20)21(26)23-12-10-17-6-8-18(14-25)9-7-17/h3-9,11,13,25H,10,12,14H2,1-2H3,(H,23,26). The molecule has 0 aliphatic rings. The Labute approximate surface area is 153 Å². The van der Waals surface area contributed by atoms with Crippen molar-refractivity contribution in [2.24, 2.45) is 0 Å². The smallest absolute Gasteiger partial charge is 0.253 e.